The Hall–Kier alpha value is -2.43. The summed E-state index contributed by atoms with van der Waals surface area (Å²) in [4.78, 5) is 27.7. The first-order valence-electron chi connectivity index (χ1n) is 10.8. The van der Waals surface area contributed by atoms with Gasteiger partial charge in [0.1, 0.15) is 5.00 Å². The van der Waals surface area contributed by atoms with Crippen molar-refractivity contribution < 1.29 is 14.3 Å². The molecule has 1 aliphatic carbocycles. The van der Waals surface area contributed by atoms with Gasteiger partial charge in [0.25, 0.3) is 0 Å². The number of nitrogens with one attached hydrogen (secondary N) is 1. The van der Waals surface area contributed by atoms with Crippen molar-refractivity contribution in [1.82, 2.24) is 14.8 Å². The smallest absolute Gasteiger partial charge is 0.341 e. The molecule has 3 aromatic heterocycles. The molecule has 0 radical (unpaired) electrons. The van der Waals surface area contributed by atoms with E-state index in [-0.39, 0.29) is 11.7 Å². The maximum Gasteiger partial charge on any atom is 0.341 e. The Bertz CT molecular complexity index is 1180. The van der Waals surface area contributed by atoms with Crippen molar-refractivity contribution in [2.24, 2.45) is 0 Å². The van der Waals surface area contributed by atoms with Crippen LogP contribution in [0.1, 0.15) is 44.9 Å². The Kier molecular flexibility index (Phi) is 7.67. The van der Waals surface area contributed by atoms with E-state index in [1.165, 1.54) is 40.0 Å². The number of rotatable bonds is 8. The lowest BCUT2D eigenvalue weighted by Gasteiger charge is -2.08. The van der Waals surface area contributed by atoms with Crippen molar-refractivity contribution in [3.8, 4) is 11.4 Å². The number of aryl methyl sites for hydroxylation is 2. The molecule has 0 saturated heterocycles. The van der Waals surface area contributed by atoms with Crippen molar-refractivity contribution in [1.29, 1.82) is 0 Å². The van der Waals surface area contributed by atoms with Gasteiger partial charge in [-0.1, -0.05) is 24.3 Å². The molecule has 0 bridgehead atoms. The van der Waals surface area contributed by atoms with Crippen LogP contribution in [0.2, 0.25) is 0 Å². The van der Waals surface area contributed by atoms with Crippen LogP contribution in [-0.2, 0) is 28.9 Å². The number of thioether (sulfide) groups is 1. The third-order valence-corrected chi connectivity index (χ3v) is 8.45. The van der Waals surface area contributed by atoms with Crippen molar-refractivity contribution in [2.75, 3.05) is 18.2 Å². The minimum absolute atomic E-state index is 0.154. The zero-order chi connectivity index (χ0) is 23.4. The van der Waals surface area contributed by atoms with Gasteiger partial charge in [-0.05, 0) is 44.2 Å². The lowest BCUT2D eigenvalue weighted by atomic mass is 10.1. The van der Waals surface area contributed by atoms with E-state index in [4.69, 9.17) is 4.74 Å². The minimum Gasteiger partial charge on any atom is -0.465 e. The molecule has 174 valence electrons. The molecule has 0 unspecified atom stereocenters. The predicted octanol–water partition coefficient (Wildman–Crippen LogP) is 5.35. The second-order valence-electron chi connectivity index (χ2n) is 7.75. The van der Waals surface area contributed by atoms with Crippen molar-refractivity contribution >= 4 is 51.3 Å². The Morgan fingerprint density at radius 1 is 1.30 bits per heavy atom. The lowest BCUT2D eigenvalue weighted by Crippen LogP contribution is -2.16. The molecule has 3 heterocycles. The van der Waals surface area contributed by atoms with E-state index in [0.717, 1.165) is 49.1 Å². The van der Waals surface area contributed by atoms with Gasteiger partial charge in [0, 0.05) is 27.2 Å². The van der Waals surface area contributed by atoms with Crippen LogP contribution in [0.4, 0.5) is 5.00 Å². The zero-order valence-electron chi connectivity index (χ0n) is 18.7. The summed E-state index contributed by atoms with van der Waals surface area (Å²) >= 11 is 4.47. The van der Waals surface area contributed by atoms with E-state index < -0.39 is 5.97 Å². The summed E-state index contributed by atoms with van der Waals surface area (Å²) in [5.41, 5.74) is 2.56. The summed E-state index contributed by atoms with van der Waals surface area (Å²) in [6, 6.07) is 2.07. The van der Waals surface area contributed by atoms with E-state index in [1.54, 1.807) is 17.4 Å². The molecule has 1 amide bonds. The van der Waals surface area contributed by atoms with Gasteiger partial charge in [0.15, 0.2) is 11.0 Å². The highest BCUT2D eigenvalue weighted by Gasteiger charge is 2.26. The summed E-state index contributed by atoms with van der Waals surface area (Å²) in [6.45, 7) is 6.43. The first-order valence-corrected chi connectivity index (χ1v) is 13.4. The summed E-state index contributed by atoms with van der Waals surface area (Å²) in [6.07, 6.45) is 6.86. The van der Waals surface area contributed by atoms with Crippen molar-refractivity contribution in [3.63, 3.8) is 0 Å². The molecule has 0 aliphatic heterocycles. The molecule has 1 aliphatic rings. The van der Waals surface area contributed by atoms with Crippen LogP contribution in [0.3, 0.4) is 0 Å². The number of aromatic nitrogens is 3. The molecule has 0 fully saturated rings. The number of allylic oxidation sites excluding steroid dienone is 1. The maximum absolute atomic E-state index is 12.8. The molecular weight excluding hydrogens is 476 g/mol. The fourth-order valence-corrected chi connectivity index (χ4v) is 6.63. The fourth-order valence-electron chi connectivity index (χ4n) is 3.90. The predicted molar refractivity (Wildman–Crippen MR) is 135 cm³/mol. The highest BCUT2D eigenvalue weighted by molar-refractivity contribution is 7.99. The van der Waals surface area contributed by atoms with Gasteiger partial charge >= 0.3 is 5.97 Å². The summed E-state index contributed by atoms with van der Waals surface area (Å²) in [5.74, 6) is 0.333. The number of anilines is 1. The van der Waals surface area contributed by atoms with Gasteiger partial charge < -0.3 is 10.1 Å². The van der Waals surface area contributed by atoms with Crippen LogP contribution in [0.25, 0.3) is 11.4 Å². The molecule has 0 aromatic carbocycles. The van der Waals surface area contributed by atoms with Crippen LogP contribution in [-0.4, -0.2) is 39.5 Å². The molecule has 10 heteroatoms. The molecule has 0 atom stereocenters. The van der Waals surface area contributed by atoms with E-state index >= 15 is 0 Å². The van der Waals surface area contributed by atoms with Crippen LogP contribution in [0, 0.1) is 6.92 Å². The monoisotopic (exact) mass is 502 g/mol. The topological polar surface area (TPSA) is 86.1 Å². The molecule has 0 saturated carbocycles. The van der Waals surface area contributed by atoms with Gasteiger partial charge in [0.2, 0.25) is 5.91 Å². The van der Waals surface area contributed by atoms with Crippen molar-refractivity contribution in [3.05, 3.63) is 45.0 Å². The number of ether oxygens (including phenoxy) is 1. The number of nitrogens with zero attached hydrogens (tertiary/aromatic N) is 3. The van der Waals surface area contributed by atoms with Crippen LogP contribution >= 0.6 is 34.4 Å². The first kappa shape index (κ1) is 23.7. The summed E-state index contributed by atoms with van der Waals surface area (Å²) in [7, 11) is 1.38. The SMILES string of the molecule is C=CCn1c(SCC(=O)Nc2sc3c(c2C(=O)OC)CCCCC3)nnc1-c1csc(C)c1. The van der Waals surface area contributed by atoms with Gasteiger partial charge in [-0.15, -0.1) is 39.4 Å². The first-order chi connectivity index (χ1) is 16.0. The number of amides is 1. The third kappa shape index (κ3) is 5.23. The average Bonchev–Trinajstić information content (AvgIpc) is 3.45. The van der Waals surface area contributed by atoms with Gasteiger partial charge in [-0.3, -0.25) is 9.36 Å². The van der Waals surface area contributed by atoms with Gasteiger partial charge in [0.05, 0.1) is 18.4 Å². The van der Waals surface area contributed by atoms with Gasteiger partial charge in [-0.2, -0.15) is 0 Å². The normalized spacial score (nSPS) is 13.3. The summed E-state index contributed by atoms with van der Waals surface area (Å²) in [5, 5.41) is 14.9. The Morgan fingerprint density at radius 2 is 2.12 bits per heavy atom. The van der Waals surface area contributed by atoms with Crippen LogP contribution in [0.15, 0.2) is 29.3 Å². The number of fused-ring (bicyclic) bond motifs is 1. The standard InChI is InChI=1S/C23H26N4O3S3/c1-4-10-27-20(15-11-14(2)31-12-15)25-26-23(27)32-13-18(28)24-21-19(22(29)30-3)16-8-6-5-7-9-17(16)33-21/h4,11-12H,1,5-10,13H2,2-3H3,(H,24,28). The van der Waals surface area contributed by atoms with E-state index in [9.17, 15) is 9.59 Å². The second kappa shape index (κ2) is 10.7. The van der Waals surface area contributed by atoms with Crippen molar-refractivity contribution in [2.45, 2.75) is 50.7 Å². The molecule has 1 N–H and O–H groups in total. The maximum atomic E-state index is 12.8. The number of hydrogen-bond acceptors (Lipinski definition) is 8. The molecule has 7 nitrogen and oxygen atoms in total. The number of carbonyl (C=O) groups is 2. The van der Waals surface area contributed by atoms with Crippen LogP contribution in [0.5, 0.6) is 0 Å². The van der Waals surface area contributed by atoms with Gasteiger partial charge in [-0.25, -0.2) is 4.79 Å². The minimum atomic E-state index is -0.390. The largest absolute Gasteiger partial charge is 0.465 e. The third-order valence-electron chi connectivity index (χ3n) is 5.41. The Morgan fingerprint density at radius 3 is 2.85 bits per heavy atom. The average molecular weight is 503 g/mol. The number of methoxy groups -OCH3 is 1. The quantitative estimate of drug-likeness (QED) is 0.193. The number of esters is 1. The second-order valence-corrected chi connectivity index (χ2v) is 10.9. The molecule has 0 spiro atoms. The Balaban J connectivity index is 1.50. The molecule has 4 rings (SSSR count). The molecule has 3 aromatic rings. The number of thiophene rings is 2. The fraction of sp³-hybridized carbons (Fsp3) is 0.391. The number of carbonyl (C=O) groups excluding carboxylic acids is 2. The highest BCUT2D eigenvalue weighted by Crippen LogP contribution is 2.38. The van der Waals surface area contributed by atoms with E-state index in [0.29, 0.717) is 22.3 Å². The Labute approximate surface area is 205 Å². The van der Waals surface area contributed by atoms with E-state index in [1.807, 2.05) is 4.57 Å². The number of hydrogen-bond donors (Lipinski definition) is 1. The summed E-state index contributed by atoms with van der Waals surface area (Å²) < 4.78 is 6.98. The van der Waals surface area contributed by atoms with Crippen LogP contribution < -0.4 is 5.32 Å². The highest BCUT2D eigenvalue weighted by atomic mass is 32.2. The molecule has 33 heavy (non-hydrogen) atoms. The lowest BCUT2D eigenvalue weighted by molar-refractivity contribution is -0.113. The molecular formula is C23H26N4O3S3. The zero-order valence-corrected chi connectivity index (χ0v) is 21.1. The van der Waals surface area contributed by atoms with E-state index in [2.05, 4.69) is 40.5 Å².